The molecule has 0 amide bonds. The Morgan fingerprint density at radius 3 is 2.62 bits per heavy atom. The fourth-order valence-electron chi connectivity index (χ4n) is 0.900. The molecule has 0 bridgehead atoms. The first-order chi connectivity index (χ1) is 6.00. The summed E-state index contributed by atoms with van der Waals surface area (Å²) in [5.41, 5.74) is 6.05. The number of hydrogen-bond acceptors (Lipinski definition) is 2. The first-order valence-corrected chi connectivity index (χ1v) is 4.71. The molecule has 0 unspecified atom stereocenters. The van der Waals surface area contributed by atoms with Gasteiger partial charge in [0.2, 0.25) is 0 Å². The summed E-state index contributed by atoms with van der Waals surface area (Å²) in [6.07, 6.45) is -0.0112. The van der Waals surface area contributed by atoms with E-state index in [1.165, 1.54) is 12.1 Å². The van der Waals surface area contributed by atoms with Gasteiger partial charge < -0.3 is 10.5 Å². The highest BCUT2D eigenvalue weighted by molar-refractivity contribution is 9.10. The highest BCUT2D eigenvalue weighted by atomic mass is 79.9. The van der Waals surface area contributed by atoms with Crippen LogP contribution in [0.4, 0.5) is 10.1 Å². The van der Waals surface area contributed by atoms with E-state index >= 15 is 0 Å². The zero-order chi connectivity index (χ0) is 10.0. The number of ether oxygens (including phenoxy) is 1. The number of hydrogen-bond donors (Lipinski definition) is 1. The standard InChI is InChI=1S/C9H11BrFNO/c1-5(2)13-9-4-7(11)6(10)3-8(9)12/h3-5H,12H2,1-2H3. The van der Waals surface area contributed by atoms with Crippen LogP contribution in [0.1, 0.15) is 13.8 Å². The molecule has 0 spiro atoms. The summed E-state index contributed by atoms with van der Waals surface area (Å²) in [5.74, 6) is 0.0144. The van der Waals surface area contributed by atoms with Gasteiger partial charge in [0.1, 0.15) is 11.6 Å². The van der Waals surface area contributed by atoms with Gasteiger partial charge in [0, 0.05) is 6.07 Å². The quantitative estimate of drug-likeness (QED) is 0.816. The van der Waals surface area contributed by atoms with E-state index in [0.29, 0.717) is 15.9 Å². The van der Waals surface area contributed by atoms with Gasteiger partial charge >= 0.3 is 0 Å². The maximum absolute atomic E-state index is 13.0. The summed E-state index contributed by atoms with van der Waals surface area (Å²) in [6, 6.07) is 2.77. The lowest BCUT2D eigenvalue weighted by Crippen LogP contribution is -2.07. The largest absolute Gasteiger partial charge is 0.489 e. The van der Waals surface area contributed by atoms with Crippen molar-refractivity contribution in [3.05, 3.63) is 22.4 Å². The van der Waals surface area contributed by atoms with E-state index in [2.05, 4.69) is 15.9 Å². The number of benzene rings is 1. The van der Waals surface area contributed by atoms with Crippen LogP contribution in [0.5, 0.6) is 5.75 Å². The van der Waals surface area contributed by atoms with Crippen molar-refractivity contribution >= 4 is 21.6 Å². The molecule has 0 radical (unpaired) electrons. The van der Waals surface area contributed by atoms with Crippen LogP contribution in [0, 0.1) is 5.82 Å². The minimum Gasteiger partial charge on any atom is -0.489 e. The van der Waals surface area contributed by atoms with Crippen LogP contribution in [0.2, 0.25) is 0 Å². The van der Waals surface area contributed by atoms with Crippen LogP contribution in [0.15, 0.2) is 16.6 Å². The predicted molar refractivity (Wildman–Crippen MR) is 54.3 cm³/mol. The van der Waals surface area contributed by atoms with Gasteiger partial charge in [-0.15, -0.1) is 0 Å². The number of halogens is 2. The lowest BCUT2D eigenvalue weighted by atomic mass is 10.3. The minimum atomic E-state index is -0.371. The Labute approximate surface area is 85.0 Å². The van der Waals surface area contributed by atoms with Gasteiger partial charge in [-0.25, -0.2) is 4.39 Å². The van der Waals surface area contributed by atoms with E-state index in [0.717, 1.165) is 0 Å². The lowest BCUT2D eigenvalue weighted by molar-refractivity contribution is 0.243. The highest BCUT2D eigenvalue weighted by Crippen LogP contribution is 2.28. The zero-order valence-corrected chi connectivity index (χ0v) is 9.06. The van der Waals surface area contributed by atoms with Gasteiger partial charge in [-0.3, -0.25) is 0 Å². The molecule has 1 aromatic carbocycles. The summed E-state index contributed by atoms with van der Waals surface area (Å²) in [5, 5.41) is 0. The third-order valence-corrected chi connectivity index (χ3v) is 2.02. The molecule has 1 aromatic rings. The Morgan fingerprint density at radius 2 is 2.08 bits per heavy atom. The molecule has 0 aromatic heterocycles. The summed E-state index contributed by atoms with van der Waals surface area (Å²) < 4.78 is 18.7. The van der Waals surface area contributed by atoms with Gasteiger partial charge in [-0.1, -0.05) is 0 Å². The zero-order valence-electron chi connectivity index (χ0n) is 7.47. The molecule has 2 nitrogen and oxygen atoms in total. The average molecular weight is 248 g/mol. The molecule has 4 heteroatoms. The van der Waals surface area contributed by atoms with Crippen LogP contribution in [0.3, 0.4) is 0 Å². The molecule has 0 saturated carbocycles. The topological polar surface area (TPSA) is 35.2 Å². The molecular weight excluding hydrogens is 237 g/mol. The van der Waals surface area contributed by atoms with Crippen molar-refractivity contribution in [1.82, 2.24) is 0 Å². The number of rotatable bonds is 2. The molecule has 0 aliphatic carbocycles. The fraction of sp³-hybridized carbons (Fsp3) is 0.333. The monoisotopic (exact) mass is 247 g/mol. The van der Waals surface area contributed by atoms with Gasteiger partial charge in [-0.2, -0.15) is 0 Å². The van der Waals surface area contributed by atoms with Crippen LogP contribution in [0.25, 0.3) is 0 Å². The summed E-state index contributed by atoms with van der Waals surface area (Å²) in [6.45, 7) is 3.72. The highest BCUT2D eigenvalue weighted by Gasteiger charge is 2.07. The maximum atomic E-state index is 13.0. The van der Waals surface area contributed by atoms with Crippen molar-refractivity contribution in [2.24, 2.45) is 0 Å². The van der Waals surface area contributed by atoms with Crippen molar-refractivity contribution in [3.63, 3.8) is 0 Å². The molecule has 0 aliphatic heterocycles. The normalized spacial score (nSPS) is 10.5. The van der Waals surface area contributed by atoms with Crippen LogP contribution in [-0.4, -0.2) is 6.10 Å². The van der Waals surface area contributed by atoms with Gasteiger partial charge in [0.05, 0.1) is 16.3 Å². The second-order valence-electron chi connectivity index (χ2n) is 2.97. The smallest absolute Gasteiger partial charge is 0.145 e. The molecule has 0 aliphatic rings. The van der Waals surface area contributed by atoms with Gasteiger partial charge in [-0.05, 0) is 35.8 Å². The Hall–Kier alpha value is -0.770. The Balaban J connectivity index is 3.01. The Bertz CT molecular complexity index is 315. The molecule has 0 atom stereocenters. The van der Waals surface area contributed by atoms with Crippen LogP contribution in [-0.2, 0) is 0 Å². The fourth-order valence-corrected chi connectivity index (χ4v) is 1.26. The second-order valence-corrected chi connectivity index (χ2v) is 3.83. The van der Waals surface area contributed by atoms with Crippen molar-refractivity contribution in [3.8, 4) is 5.75 Å². The lowest BCUT2D eigenvalue weighted by Gasteiger charge is -2.12. The summed E-state index contributed by atoms with van der Waals surface area (Å²) in [4.78, 5) is 0. The van der Waals surface area contributed by atoms with E-state index in [4.69, 9.17) is 10.5 Å². The SMILES string of the molecule is CC(C)Oc1cc(F)c(Br)cc1N. The number of nitrogens with two attached hydrogens (primary N) is 1. The van der Waals surface area contributed by atoms with E-state index in [9.17, 15) is 4.39 Å². The first-order valence-electron chi connectivity index (χ1n) is 3.92. The molecule has 2 N–H and O–H groups in total. The van der Waals surface area contributed by atoms with Crippen molar-refractivity contribution < 1.29 is 9.13 Å². The predicted octanol–water partition coefficient (Wildman–Crippen LogP) is 2.96. The van der Waals surface area contributed by atoms with Crippen molar-refractivity contribution in [1.29, 1.82) is 0 Å². The average Bonchev–Trinajstić information content (AvgIpc) is 1.99. The molecular formula is C9H11BrFNO. The van der Waals surface area contributed by atoms with E-state index in [1.54, 1.807) is 0 Å². The van der Waals surface area contributed by atoms with E-state index < -0.39 is 0 Å². The van der Waals surface area contributed by atoms with Gasteiger partial charge in [0.15, 0.2) is 0 Å². The van der Waals surface area contributed by atoms with Crippen molar-refractivity contribution in [2.75, 3.05) is 5.73 Å². The minimum absolute atomic E-state index is 0.0112. The molecule has 1 rings (SSSR count). The molecule has 0 saturated heterocycles. The van der Waals surface area contributed by atoms with Crippen LogP contribution >= 0.6 is 15.9 Å². The summed E-state index contributed by atoms with van der Waals surface area (Å²) >= 11 is 3.04. The Kier molecular flexibility index (Phi) is 3.14. The van der Waals surface area contributed by atoms with Crippen molar-refractivity contribution in [2.45, 2.75) is 20.0 Å². The number of nitrogen functional groups attached to an aromatic ring is 1. The summed E-state index contributed by atoms with van der Waals surface area (Å²) in [7, 11) is 0. The van der Waals surface area contributed by atoms with Crippen LogP contribution < -0.4 is 10.5 Å². The Morgan fingerprint density at radius 1 is 1.46 bits per heavy atom. The third-order valence-electron chi connectivity index (χ3n) is 1.42. The van der Waals surface area contributed by atoms with E-state index in [-0.39, 0.29) is 11.9 Å². The maximum Gasteiger partial charge on any atom is 0.145 e. The molecule has 13 heavy (non-hydrogen) atoms. The molecule has 0 heterocycles. The molecule has 0 fully saturated rings. The third kappa shape index (κ3) is 2.59. The number of anilines is 1. The molecule has 72 valence electrons. The van der Waals surface area contributed by atoms with E-state index in [1.807, 2.05) is 13.8 Å². The first kappa shape index (κ1) is 10.3. The van der Waals surface area contributed by atoms with Gasteiger partial charge in [0.25, 0.3) is 0 Å². The second kappa shape index (κ2) is 3.96.